The number of aryl methyl sites for hydroxylation is 1. The van der Waals surface area contributed by atoms with E-state index < -0.39 is 0 Å². The molecule has 104 valence electrons. The first-order valence-electron chi connectivity index (χ1n) is 6.22. The Kier molecular flexibility index (Phi) is 8.62. The lowest BCUT2D eigenvalue weighted by atomic mass is 10.0. The number of hydrogen-bond donors (Lipinski definition) is 1. The van der Waals surface area contributed by atoms with Crippen molar-refractivity contribution in [2.75, 3.05) is 20.1 Å². The second-order valence-corrected chi connectivity index (χ2v) is 4.89. The van der Waals surface area contributed by atoms with Crippen molar-refractivity contribution in [2.24, 2.45) is 0 Å². The number of rotatable bonds is 3. The maximum absolute atomic E-state index is 3.42. The quantitative estimate of drug-likeness (QED) is 0.921. The summed E-state index contributed by atoms with van der Waals surface area (Å²) < 4.78 is 0. The van der Waals surface area contributed by atoms with Gasteiger partial charge in [-0.2, -0.15) is 0 Å². The number of benzene rings is 1. The number of halogens is 2. The fourth-order valence-electron chi connectivity index (χ4n) is 2.48. The fraction of sp³-hybridized carbons (Fsp3) is 0.571. The monoisotopic (exact) mass is 290 g/mol. The summed E-state index contributed by atoms with van der Waals surface area (Å²) in [5, 5.41) is 3.42. The lowest BCUT2D eigenvalue weighted by molar-refractivity contribution is 0.192. The molecule has 0 aromatic heterocycles. The molecule has 0 spiro atoms. The van der Waals surface area contributed by atoms with Gasteiger partial charge in [0, 0.05) is 12.6 Å². The van der Waals surface area contributed by atoms with Crippen LogP contribution in [0.5, 0.6) is 0 Å². The van der Waals surface area contributed by atoms with Gasteiger partial charge in [-0.15, -0.1) is 24.8 Å². The molecule has 0 unspecified atom stereocenters. The number of nitrogens with zero attached hydrogens (tertiary/aromatic N) is 1. The number of hydrogen-bond acceptors (Lipinski definition) is 2. The molecule has 1 aromatic rings. The van der Waals surface area contributed by atoms with Crippen LogP contribution < -0.4 is 5.32 Å². The molecular formula is C14H24Cl2N2. The summed E-state index contributed by atoms with van der Waals surface area (Å²) >= 11 is 0. The van der Waals surface area contributed by atoms with Crippen molar-refractivity contribution in [2.45, 2.75) is 32.4 Å². The van der Waals surface area contributed by atoms with Gasteiger partial charge in [0.25, 0.3) is 0 Å². The van der Waals surface area contributed by atoms with Crippen LogP contribution in [0.1, 0.15) is 24.0 Å². The van der Waals surface area contributed by atoms with Crippen molar-refractivity contribution >= 4 is 24.8 Å². The fourth-order valence-corrected chi connectivity index (χ4v) is 2.48. The molecule has 1 heterocycles. The average Bonchev–Trinajstić information content (AvgIpc) is 2.30. The van der Waals surface area contributed by atoms with Gasteiger partial charge in [0.2, 0.25) is 0 Å². The van der Waals surface area contributed by atoms with E-state index in [1.54, 1.807) is 0 Å². The summed E-state index contributed by atoms with van der Waals surface area (Å²) in [5.41, 5.74) is 2.79. The number of piperidine rings is 1. The molecule has 2 rings (SSSR count). The molecule has 4 heteroatoms. The first-order chi connectivity index (χ1) is 7.75. The van der Waals surface area contributed by atoms with Crippen LogP contribution in [0.3, 0.4) is 0 Å². The van der Waals surface area contributed by atoms with Crippen LogP contribution in [0.15, 0.2) is 24.3 Å². The van der Waals surface area contributed by atoms with Crippen molar-refractivity contribution in [1.82, 2.24) is 10.2 Å². The van der Waals surface area contributed by atoms with E-state index in [4.69, 9.17) is 0 Å². The van der Waals surface area contributed by atoms with Crippen LogP contribution in [0.2, 0.25) is 0 Å². The highest BCUT2D eigenvalue weighted by Crippen LogP contribution is 2.14. The minimum atomic E-state index is 0. The highest BCUT2D eigenvalue weighted by molar-refractivity contribution is 5.85. The molecule has 2 nitrogen and oxygen atoms in total. The van der Waals surface area contributed by atoms with Crippen LogP contribution in [-0.4, -0.2) is 31.1 Å². The summed E-state index contributed by atoms with van der Waals surface area (Å²) in [6.45, 7) is 5.58. The van der Waals surface area contributed by atoms with Gasteiger partial charge >= 0.3 is 0 Å². The lowest BCUT2D eigenvalue weighted by Crippen LogP contribution is -2.40. The van der Waals surface area contributed by atoms with Gasteiger partial charge in [0.15, 0.2) is 0 Å². The molecule has 0 radical (unpaired) electrons. The smallest absolute Gasteiger partial charge is 0.0233 e. The highest BCUT2D eigenvalue weighted by Gasteiger charge is 2.17. The third-order valence-corrected chi connectivity index (χ3v) is 3.45. The van der Waals surface area contributed by atoms with E-state index in [1.165, 1.54) is 37.1 Å². The third kappa shape index (κ3) is 5.15. The van der Waals surface area contributed by atoms with Crippen LogP contribution >= 0.6 is 24.8 Å². The van der Waals surface area contributed by atoms with Crippen molar-refractivity contribution < 1.29 is 0 Å². The topological polar surface area (TPSA) is 15.3 Å². The zero-order valence-corrected chi connectivity index (χ0v) is 12.8. The first kappa shape index (κ1) is 17.7. The molecule has 1 fully saturated rings. The maximum atomic E-state index is 3.42. The van der Waals surface area contributed by atoms with Gasteiger partial charge in [-0.05, 0) is 45.5 Å². The van der Waals surface area contributed by atoms with Gasteiger partial charge in [0.05, 0.1) is 0 Å². The molecule has 0 saturated carbocycles. The Hall–Kier alpha value is -0.280. The van der Waals surface area contributed by atoms with E-state index in [0.717, 1.165) is 12.6 Å². The van der Waals surface area contributed by atoms with Gasteiger partial charge in [-0.1, -0.05) is 29.8 Å². The molecule has 1 N–H and O–H groups in total. The van der Waals surface area contributed by atoms with E-state index in [9.17, 15) is 0 Å². The predicted octanol–water partition coefficient (Wildman–Crippen LogP) is 3.02. The van der Waals surface area contributed by atoms with Crippen molar-refractivity contribution in [3.63, 3.8) is 0 Å². The third-order valence-electron chi connectivity index (χ3n) is 3.45. The molecule has 1 saturated heterocycles. The van der Waals surface area contributed by atoms with E-state index in [-0.39, 0.29) is 24.8 Å². The second kappa shape index (κ2) is 8.76. The minimum Gasteiger partial charge on any atom is -0.317 e. The first-order valence-corrected chi connectivity index (χ1v) is 6.22. The number of nitrogens with one attached hydrogen (secondary N) is 1. The molecule has 1 aliphatic heterocycles. The van der Waals surface area contributed by atoms with Crippen molar-refractivity contribution in [1.29, 1.82) is 0 Å². The van der Waals surface area contributed by atoms with E-state index in [2.05, 4.69) is 48.5 Å². The van der Waals surface area contributed by atoms with E-state index >= 15 is 0 Å². The SMILES string of the molecule is Cc1cccc(CN(C)C2CCNCC2)c1.Cl.Cl. The van der Waals surface area contributed by atoms with E-state index in [0.29, 0.717) is 0 Å². The zero-order valence-electron chi connectivity index (χ0n) is 11.2. The Morgan fingerprint density at radius 3 is 2.50 bits per heavy atom. The van der Waals surface area contributed by atoms with Gasteiger partial charge in [-0.3, -0.25) is 4.90 Å². The van der Waals surface area contributed by atoms with Crippen molar-refractivity contribution in [3.05, 3.63) is 35.4 Å². The highest BCUT2D eigenvalue weighted by atomic mass is 35.5. The Bertz CT molecular complexity index is 338. The van der Waals surface area contributed by atoms with Crippen LogP contribution in [0, 0.1) is 6.92 Å². The molecular weight excluding hydrogens is 267 g/mol. The molecule has 0 aliphatic carbocycles. The predicted molar refractivity (Wildman–Crippen MR) is 83.0 cm³/mol. The molecule has 1 aromatic carbocycles. The average molecular weight is 291 g/mol. The molecule has 0 bridgehead atoms. The van der Waals surface area contributed by atoms with E-state index in [1.807, 2.05) is 0 Å². The largest absolute Gasteiger partial charge is 0.317 e. The van der Waals surface area contributed by atoms with Crippen LogP contribution in [-0.2, 0) is 6.54 Å². The summed E-state index contributed by atoms with van der Waals surface area (Å²) in [7, 11) is 2.25. The standard InChI is InChI=1S/C14H22N2.2ClH/c1-12-4-3-5-13(10-12)11-16(2)14-6-8-15-9-7-14;;/h3-5,10,14-15H,6-9,11H2,1-2H3;2*1H. The summed E-state index contributed by atoms with van der Waals surface area (Å²) in [6, 6.07) is 9.58. The van der Waals surface area contributed by atoms with Crippen molar-refractivity contribution in [3.8, 4) is 0 Å². The maximum Gasteiger partial charge on any atom is 0.0233 e. The second-order valence-electron chi connectivity index (χ2n) is 4.89. The molecule has 18 heavy (non-hydrogen) atoms. The Morgan fingerprint density at radius 1 is 1.22 bits per heavy atom. The normalized spacial score (nSPS) is 15.9. The van der Waals surface area contributed by atoms with Gasteiger partial charge in [0.1, 0.15) is 0 Å². The Balaban J connectivity index is 0.00000144. The van der Waals surface area contributed by atoms with Crippen LogP contribution in [0.4, 0.5) is 0 Å². The molecule has 0 amide bonds. The zero-order chi connectivity index (χ0) is 11.4. The van der Waals surface area contributed by atoms with Crippen LogP contribution in [0.25, 0.3) is 0 Å². The summed E-state index contributed by atoms with van der Waals surface area (Å²) in [6.07, 6.45) is 2.56. The molecule has 0 atom stereocenters. The lowest BCUT2D eigenvalue weighted by Gasteiger charge is -2.31. The molecule has 1 aliphatic rings. The van der Waals surface area contributed by atoms with Gasteiger partial charge in [-0.25, -0.2) is 0 Å². The minimum absolute atomic E-state index is 0. The summed E-state index contributed by atoms with van der Waals surface area (Å²) in [5.74, 6) is 0. The summed E-state index contributed by atoms with van der Waals surface area (Å²) in [4.78, 5) is 2.50. The van der Waals surface area contributed by atoms with Gasteiger partial charge < -0.3 is 5.32 Å². The Morgan fingerprint density at radius 2 is 1.89 bits per heavy atom. The Labute approximate surface area is 123 Å².